The molecule has 0 saturated carbocycles. The summed E-state index contributed by atoms with van der Waals surface area (Å²) in [6.07, 6.45) is 0. The van der Waals surface area contributed by atoms with Gasteiger partial charge in [0.1, 0.15) is 0 Å². The Morgan fingerprint density at radius 2 is 2.07 bits per heavy atom. The van der Waals surface area contributed by atoms with Gasteiger partial charge in [0, 0.05) is 55.4 Å². The lowest BCUT2D eigenvalue weighted by Crippen LogP contribution is -2.41. The van der Waals surface area contributed by atoms with E-state index < -0.39 is 0 Å². The molecule has 1 amide bonds. The fraction of sp³-hybridized carbons (Fsp3) is 0.400. The molecule has 2 N–H and O–H groups in total. The third kappa shape index (κ3) is 3.89. The van der Waals surface area contributed by atoms with Crippen LogP contribution < -0.4 is 5.32 Å². The fourth-order valence-electron chi connectivity index (χ4n) is 3.53. The minimum Gasteiger partial charge on any atom is -0.379 e. The van der Waals surface area contributed by atoms with E-state index in [4.69, 9.17) is 4.74 Å². The quantitative estimate of drug-likeness (QED) is 0.723. The van der Waals surface area contributed by atoms with Gasteiger partial charge in [-0.3, -0.25) is 14.4 Å². The largest absolute Gasteiger partial charge is 0.379 e. The molecule has 0 radical (unpaired) electrons. The first-order valence-electron chi connectivity index (χ1n) is 9.32. The molecular weight excluding hydrogens is 342 g/mol. The predicted molar refractivity (Wildman–Crippen MR) is 105 cm³/mol. The molecule has 0 bridgehead atoms. The van der Waals surface area contributed by atoms with Crippen LogP contribution in [0.5, 0.6) is 0 Å². The second-order valence-electron chi connectivity index (χ2n) is 7.00. The number of rotatable bonds is 5. The Bertz CT molecular complexity index is 953. The number of hydrogen-bond acceptors (Lipinski definition) is 4. The summed E-state index contributed by atoms with van der Waals surface area (Å²) in [4.78, 5) is 18.1. The van der Waals surface area contributed by atoms with E-state index in [-0.39, 0.29) is 5.91 Å². The Morgan fingerprint density at radius 3 is 2.89 bits per heavy atom. The lowest BCUT2D eigenvalue weighted by molar-refractivity contribution is 0.0383. The van der Waals surface area contributed by atoms with Gasteiger partial charge in [0.25, 0.3) is 5.91 Å². The Morgan fingerprint density at radius 1 is 1.26 bits per heavy atom. The molecule has 142 valence electrons. The lowest BCUT2D eigenvalue weighted by Gasteiger charge is -2.26. The van der Waals surface area contributed by atoms with Gasteiger partial charge in [-0.25, -0.2) is 0 Å². The van der Waals surface area contributed by atoms with Gasteiger partial charge >= 0.3 is 0 Å². The van der Waals surface area contributed by atoms with Crippen molar-refractivity contribution in [3.8, 4) is 11.3 Å². The van der Waals surface area contributed by atoms with Crippen molar-refractivity contribution in [3.05, 3.63) is 41.7 Å². The molecule has 1 aliphatic rings. The molecule has 1 fully saturated rings. The van der Waals surface area contributed by atoms with E-state index in [1.807, 2.05) is 20.0 Å². The van der Waals surface area contributed by atoms with Gasteiger partial charge in [0.15, 0.2) is 5.69 Å². The lowest BCUT2D eigenvalue weighted by atomic mass is 10.1. The number of nitrogens with one attached hydrogen (secondary N) is 2. The number of ether oxygens (including phenoxy) is 1. The zero-order valence-corrected chi connectivity index (χ0v) is 15.8. The van der Waals surface area contributed by atoms with Crippen LogP contribution in [0.4, 0.5) is 0 Å². The highest BCUT2D eigenvalue weighted by atomic mass is 16.5. The van der Waals surface area contributed by atoms with Crippen LogP contribution in [0.2, 0.25) is 0 Å². The number of carbonyl (C=O) groups is 1. The molecule has 4 rings (SSSR count). The van der Waals surface area contributed by atoms with Gasteiger partial charge in [-0.15, -0.1) is 0 Å². The smallest absolute Gasteiger partial charge is 0.271 e. The van der Waals surface area contributed by atoms with Gasteiger partial charge in [-0.05, 0) is 31.2 Å². The maximum atomic E-state index is 12.5. The first kappa shape index (κ1) is 17.8. The summed E-state index contributed by atoms with van der Waals surface area (Å²) in [6, 6.07) is 10.2. The zero-order valence-electron chi connectivity index (χ0n) is 15.8. The van der Waals surface area contributed by atoms with E-state index in [1.54, 1.807) is 4.68 Å². The monoisotopic (exact) mass is 367 g/mol. The Hall–Kier alpha value is -2.64. The predicted octanol–water partition coefficient (Wildman–Crippen LogP) is 1.94. The molecule has 7 nitrogen and oxygen atoms in total. The first-order chi connectivity index (χ1) is 13.1. The van der Waals surface area contributed by atoms with Crippen molar-refractivity contribution < 1.29 is 9.53 Å². The van der Waals surface area contributed by atoms with Crippen molar-refractivity contribution in [1.29, 1.82) is 0 Å². The van der Waals surface area contributed by atoms with Crippen molar-refractivity contribution in [3.63, 3.8) is 0 Å². The Balaban J connectivity index is 1.44. The molecule has 1 aromatic carbocycles. The summed E-state index contributed by atoms with van der Waals surface area (Å²) >= 11 is 0. The van der Waals surface area contributed by atoms with Gasteiger partial charge in [-0.1, -0.05) is 6.07 Å². The molecule has 2 aromatic heterocycles. The van der Waals surface area contributed by atoms with Crippen molar-refractivity contribution in [2.24, 2.45) is 7.05 Å². The molecular formula is C20H25N5O2. The van der Waals surface area contributed by atoms with E-state index in [0.29, 0.717) is 12.2 Å². The number of hydrogen-bond donors (Lipinski definition) is 2. The third-order valence-corrected chi connectivity index (χ3v) is 4.98. The maximum absolute atomic E-state index is 12.5. The van der Waals surface area contributed by atoms with Crippen LogP contribution in [0.3, 0.4) is 0 Å². The second-order valence-corrected chi connectivity index (χ2v) is 7.00. The zero-order chi connectivity index (χ0) is 18.8. The number of morpholine rings is 1. The molecule has 3 aromatic rings. The number of aromatic amines is 1. The SMILES string of the molecule is Cc1cc2cc(-c3cc(C(=O)NCCN4CCOCC4)nn3C)ccc2[nH]1. The highest BCUT2D eigenvalue weighted by Gasteiger charge is 2.15. The summed E-state index contributed by atoms with van der Waals surface area (Å²) in [5, 5.41) is 8.53. The van der Waals surface area contributed by atoms with Crippen LogP contribution >= 0.6 is 0 Å². The topological polar surface area (TPSA) is 75.2 Å². The number of carbonyl (C=O) groups excluding carboxylic acids is 1. The minimum atomic E-state index is -0.135. The summed E-state index contributed by atoms with van der Waals surface area (Å²) in [5.41, 5.74) is 4.66. The number of fused-ring (bicyclic) bond motifs is 1. The van der Waals surface area contributed by atoms with Crippen molar-refractivity contribution in [2.75, 3.05) is 39.4 Å². The standard InChI is InChI=1S/C20H25N5O2/c1-14-11-16-12-15(3-4-17(16)22-14)19-13-18(23-24(19)2)20(26)21-5-6-25-7-9-27-10-8-25/h3-4,11-13,22H,5-10H2,1-2H3,(H,21,26). The summed E-state index contributed by atoms with van der Waals surface area (Å²) in [7, 11) is 1.87. The number of amides is 1. The van der Waals surface area contributed by atoms with Crippen LogP contribution in [0.25, 0.3) is 22.2 Å². The summed E-state index contributed by atoms with van der Waals surface area (Å²) in [5.74, 6) is -0.135. The van der Waals surface area contributed by atoms with Crippen molar-refractivity contribution in [2.45, 2.75) is 6.92 Å². The number of nitrogens with zero attached hydrogens (tertiary/aromatic N) is 3. The van der Waals surface area contributed by atoms with Crippen molar-refractivity contribution >= 4 is 16.8 Å². The van der Waals surface area contributed by atoms with Crippen LogP contribution in [-0.4, -0.2) is 65.0 Å². The highest BCUT2D eigenvalue weighted by molar-refractivity contribution is 5.94. The molecule has 0 unspecified atom stereocenters. The minimum absolute atomic E-state index is 0.135. The van der Waals surface area contributed by atoms with E-state index >= 15 is 0 Å². The van der Waals surface area contributed by atoms with Crippen molar-refractivity contribution in [1.82, 2.24) is 25.0 Å². The van der Waals surface area contributed by atoms with E-state index in [0.717, 1.165) is 60.7 Å². The van der Waals surface area contributed by atoms with Gasteiger partial charge < -0.3 is 15.0 Å². The Labute approximate surface area is 158 Å². The highest BCUT2D eigenvalue weighted by Crippen LogP contribution is 2.25. The van der Waals surface area contributed by atoms with Gasteiger partial charge in [0.05, 0.1) is 18.9 Å². The summed E-state index contributed by atoms with van der Waals surface area (Å²) < 4.78 is 7.10. The number of aryl methyl sites for hydroxylation is 2. The molecule has 7 heteroatoms. The Kier molecular flexibility index (Phi) is 4.96. The first-order valence-corrected chi connectivity index (χ1v) is 9.32. The maximum Gasteiger partial charge on any atom is 0.271 e. The molecule has 1 saturated heterocycles. The molecule has 27 heavy (non-hydrogen) atoms. The number of aromatic nitrogens is 3. The fourth-order valence-corrected chi connectivity index (χ4v) is 3.53. The van der Waals surface area contributed by atoms with Crippen LogP contribution in [-0.2, 0) is 11.8 Å². The second kappa shape index (κ2) is 7.54. The molecule has 3 heterocycles. The average molecular weight is 367 g/mol. The van der Waals surface area contributed by atoms with E-state index in [1.165, 1.54) is 0 Å². The van der Waals surface area contributed by atoms with Gasteiger partial charge in [0.2, 0.25) is 0 Å². The summed E-state index contributed by atoms with van der Waals surface area (Å²) in [6.45, 7) is 6.86. The van der Waals surface area contributed by atoms with Crippen LogP contribution in [0, 0.1) is 6.92 Å². The average Bonchev–Trinajstić information content (AvgIpc) is 3.23. The van der Waals surface area contributed by atoms with Gasteiger partial charge in [-0.2, -0.15) is 5.10 Å². The van der Waals surface area contributed by atoms with Crippen LogP contribution in [0.1, 0.15) is 16.2 Å². The molecule has 0 aliphatic carbocycles. The normalized spacial score (nSPS) is 15.3. The van der Waals surface area contributed by atoms with E-state index in [9.17, 15) is 4.79 Å². The van der Waals surface area contributed by atoms with E-state index in [2.05, 4.69) is 44.6 Å². The number of H-pyrrole nitrogens is 1. The third-order valence-electron chi connectivity index (χ3n) is 4.98. The molecule has 0 spiro atoms. The molecule has 0 atom stereocenters. The molecule has 1 aliphatic heterocycles. The van der Waals surface area contributed by atoms with Crippen LogP contribution in [0.15, 0.2) is 30.3 Å². The number of benzene rings is 1.